The molecule has 0 aliphatic rings. The fourth-order valence-electron chi connectivity index (χ4n) is 3.95. The van der Waals surface area contributed by atoms with E-state index in [0.29, 0.717) is 11.1 Å². The molecule has 3 heteroatoms. The lowest BCUT2D eigenvalue weighted by Crippen LogP contribution is -1.90. The highest BCUT2D eigenvalue weighted by atomic mass is 35.5. The lowest BCUT2D eigenvalue weighted by molar-refractivity contribution is 0.667. The third-order valence-corrected chi connectivity index (χ3v) is 6.73. The number of hydrogen-bond acceptors (Lipinski definition) is 1. The van der Waals surface area contributed by atoms with Crippen LogP contribution in [-0.2, 0) is 12.8 Å². The molecular weight excluding hydrogens is 481 g/mol. The molecular formula is C33H35Cl2N. The Morgan fingerprint density at radius 1 is 0.556 bits per heavy atom. The van der Waals surface area contributed by atoms with Gasteiger partial charge < -0.3 is 0 Å². The molecule has 0 amide bonds. The second-order valence-corrected chi connectivity index (χ2v) is 9.90. The van der Waals surface area contributed by atoms with Gasteiger partial charge in [0.1, 0.15) is 10.3 Å². The van der Waals surface area contributed by atoms with Gasteiger partial charge in [-0.1, -0.05) is 124 Å². The fraction of sp³-hybridized carbons (Fsp3) is 0.364. The maximum atomic E-state index is 6.33. The highest BCUT2D eigenvalue weighted by Crippen LogP contribution is 2.21. The van der Waals surface area contributed by atoms with Crippen molar-refractivity contribution in [1.29, 1.82) is 0 Å². The highest BCUT2D eigenvalue weighted by molar-refractivity contribution is 6.33. The topological polar surface area (TPSA) is 12.9 Å². The van der Waals surface area contributed by atoms with E-state index in [2.05, 4.69) is 91.0 Å². The molecule has 1 nitrogen and oxygen atoms in total. The first-order chi connectivity index (χ1) is 17.6. The average Bonchev–Trinajstić information content (AvgIpc) is 2.89. The fourth-order valence-corrected chi connectivity index (χ4v) is 4.36. The Morgan fingerprint density at radius 3 is 1.36 bits per heavy atom. The van der Waals surface area contributed by atoms with Gasteiger partial charge in [-0.15, -0.1) is 0 Å². The Bertz CT molecular complexity index is 1120. The monoisotopic (exact) mass is 515 g/mol. The summed E-state index contributed by atoms with van der Waals surface area (Å²) in [4.78, 5) is 4.25. The zero-order chi connectivity index (χ0) is 25.6. The molecule has 0 atom stereocenters. The van der Waals surface area contributed by atoms with Crippen LogP contribution in [0, 0.1) is 23.7 Å². The number of aromatic nitrogens is 1. The lowest BCUT2D eigenvalue weighted by atomic mass is 10.0. The molecule has 0 aliphatic heterocycles. The number of aryl methyl sites for hydroxylation is 2. The summed E-state index contributed by atoms with van der Waals surface area (Å²) in [5, 5.41) is 0.580. The van der Waals surface area contributed by atoms with Crippen molar-refractivity contribution in [1.82, 2.24) is 4.98 Å². The summed E-state index contributed by atoms with van der Waals surface area (Å²) >= 11 is 12.7. The van der Waals surface area contributed by atoms with E-state index in [1.807, 2.05) is 6.07 Å². The third kappa shape index (κ3) is 9.39. The van der Waals surface area contributed by atoms with E-state index in [1.165, 1.54) is 62.5 Å². The van der Waals surface area contributed by atoms with Crippen LogP contribution in [0.5, 0.6) is 0 Å². The predicted molar refractivity (Wildman–Crippen MR) is 155 cm³/mol. The van der Waals surface area contributed by atoms with E-state index >= 15 is 0 Å². The van der Waals surface area contributed by atoms with Gasteiger partial charge in [0.15, 0.2) is 0 Å². The third-order valence-electron chi connectivity index (χ3n) is 6.16. The molecule has 0 spiro atoms. The number of benzene rings is 2. The van der Waals surface area contributed by atoms with E-state index in [9.17, 15) is 0 Å². The van der Waals surface area contributed by atoms with E-state index in [-0.39, 0.29) is 10.3 Å². The molecule has 1 heterocycles. The minimum Gasteiger partial charge on any atom is -0.222 e. The Hall–Kier alpha value is -2.71. The van der Waals surface area contributed by atoms with Crippen LogP contribution in [0.1, 0.15) is 98.6 Å². The summed E-state index contributed by atoms with van der Waals surface area (Å²) in [6.07, 6.45) is 12.4. The second kappa shape index (κ2) is 15.4. The first-order valence-electron chi connectivity index (χ1n) is 13.2. The zero-order valence-corrected chi connectivity index (χ0v) is 23.0. The van der Waals surface area contributed by atoms with E-state index in [0.717, 1.165) is 24.0 Å². The van der Waals surface area contributed by atoms with E-state index in [4.69, 9.17) is 23.2 Å². The van der Waals surface area contributed by atoms with Gasteiger partial charge in [-0.2, -0.15) is 0 Å². The normalized spacial score (nSPS) is 10.3. The molecule has 0 fully saturated rings. The summed E-state index contributed by atoms with van der Waals surface area (Å²) in [5.41, 5.74) is 5.84. The molecule has 2 aromatic carbocycles. The SMILES string of the molecule is CCCCCCc1ccc(C#Cc2cc(C#Cc3ccc(CCCCCC)cc3)c(Cl)nc2Cl)cc1. The number of nitrogens with zero attached hydrogens (tertiary/aromatic N) is 1. The smallest absolute Gasteiger partial charge is 0.146 e. The molecule has 0 saturated carbocycles. The summed E-state index contributed by atoms with van der Waals surface area (Å²) in [7, 11) is 0. The summed E-state index contributed by atoms with van der Waals surface area (Å²) < 4.78 is 0. The molecule has 0 unspecified atom stereocenters. The van der Waals surface area contributed by atoms with Crippen LogP contribution in [0.25, 0.3) is 0 Å². The Kier molecular flexibility index (Phi) is 11.9. The molecule has 3 aromatic rings. The van der Waals surface area contributed by atoms with E-state index in [1.54, 1.807) is 0 Å². The zero-order valence-electron chi connectivity index (χ0n) is 21.5. The lowest BCUT2D eigenvalue weighted by Gasteiger charge is -2.02. The highest BCUT2D eigenvalue weighted by Gasteiger charge is 2.06. The first-order valence-corrected chi connectivity index (χ1v) is 13.9. The first kappa shape index (κ1) is 27.9. The molecule has 0 N–H and O–H groups in total. The van der Waals surface area contributed by atoms with Crippen LogP contribution >= 0.6 is 23.2 Å². The summed E-state index contributed by atoms with van der Waals surface area (Å²) in [5.74, 6) is 12.7. The molecule has 1 aromatic heterocycles. The summed E-state index contributed by atoms with van der Waals surface area (Å²) in [6.45, 7) is 4.47. The van der Waals surface area contributed by atoms with Crippen molar-refractivity contribution >= 4 is 23.2 Å². The minimum atomic E-state index is 0.290. The summed E-state index contributed by atoms with van der Waals surface area (Å²) in [6, 6.07) is 18.7. The van der Waals surface area contributed by atoms with Gasteiger partial charge in [0.25, 0.3) is 0 Å². The largest absolute Gasteiger partial charge is 0.222 e. The number of hydrogen-bond donors (Lipinski definition) is 0. The van der Waals surface area contributed by atoms with Crippen molar-refractivity contribution in [3.8, 4) is 23.7 Å². The van der Waals surface area contributed by atoms with Gasteiger partial charge in [0.05, 0.1) is 11.1 Å². The molecule has 0 saturated heterocycles. The minimum absolute atomic E-state index is 0.290. The Labute approximate surface area is 227 Å². The van der Waals surface area contributed by atoms with Crippen molar-refractivity contribution in [2.75, 3.05) is 0 Å². The van der Waals surface area contributed by atoms with E-state index < -0.39 is 0 Å². The van der Waals surface area contributed by atoms with Crippen LogP contribution in [0.3, 0.4) is 0 Å². The molecule has 3 rings (SSSR count). The van der Waals surface area contributed by atoms with Crippen molar-refractivity contribution in [3.63, 3.8) is 0 Å². The van der Waals surface area contributed by atoms with Crippen molar-refractivity contribution < 1.29 is 0 Å². The van der Waals surface area contributed by atoms with Crippen LogP contribution in [0.15, 0.2) is 54.6 Å². The van der Waals surface area contributed by atoms with Gasteiger partial charge in [-0.3, -0.25) is 0 Å². The molecule has 0 bridgehead atoms. The number of rotatable bonds is 10. The van der Waals surface area contributed by atoms with Crippen molar-refractivity contribution in [2.45, 2.75) is 78.1 Å². The predicted octanol–water partition coefficient (Wildman–Crippen LogP) is 9.43. The molecule has 0 radical (unpaired) electrons. The van der Waals surface area contributed by atoms with Crippen LogP contribution in [-0.4, -0.2) is 4.98 Å². The van der Waals surface area contributed by atoms with Crippen molar-refractivity contribution in [2.24, 2.45) is 0 Å². The second-order valence-electron chi connectivity index (χ2n) is 9.18. The van der Waals surface area contributed by atoms with Crippen LogP contribution < -0.4 is 0 Å². The average molecular weight is 517 g/mol. The van der Waals surface area contributed by atoms with Crippen LogP contribution in [0.2, 0.25) is 10.3 Å². The van der Waals surface area contributed by atoms with Gasteiger partial charge in [-0.05, 0) is 67.1 Å². The molecule has 36 heavy (non-hydrogen) atoms. The number of pyridine rings is 1. The molecule has 186 valence electrons. The van der Waals surface area contributed by atoms with Gasteiger partial charge in [0, 0.05) is 11.1 Å². The Balaban J connectivity index is 1.66. The maximum Gasteiger partial charge on any atom is 0.146 e. The molecule has 0 aliphatic carbocycles. The maximum absolute atomic E-state index is 6.33. The number of unbranched alkanes of at least 4 members (excludes halogenated alkanes) is 6. The standard InChI is InChI=1S/C33H35Cl2N/c1-3-5-7-9-11-26-13-17-28(18-14-26)21-23-30-25-31(33(35)36-32(30)34)24-22-29-19-15-27(16-20-29)12-10-8-6-4-2/h13-20,25H,3-12H2,1-2H3. The quantitative estimate of drug-likeness (QED) is 0.149. The van der Waals surface area contributed by atoms with Gasteiger partial charge in [0.2, 0.25) is 0 Å². The number of halogens is 2. The van der Waals surface area contributed by atoms with Gasteiger partial charge >= 0.3 is 0 Å². The van der Waals surface area contributed by atoms with Crippen molar-refractivity contribution in [3.05, 3.63) is 98.3 Å². The Morgan fingerprint density at radius 2 is 0.972 bits per heavy atom. The van der Waals surface area contributed by atoms with Gasteiger partial charge in [-0.25, -0.2) is 4.98 Å². The van der Waals surface area contributed by atoms with Crippen LogP contribution in [0.4, 0.5) is 0 Å².